The first-order valence-electron chi connectivity index (χ1n) is 21.7. The summed E-state index contributed by atoms with van der Waals surface area (Å²) in [5, 5.41) is 5.39. The molecule has 8 aromatic carbocycles. The lowest BCUT2D eigenvalue weighted by Gasteiger charge is -2.28. The van der Waals surface area contributed by atoms with Gasteiger partial charge in [-0.25, -0.2) is 0 Å². The number of rotatable bonds is 10. The van der Waals surface area contributed by atoms with Crippen molar-refractivity contribution in [2.45, 2.75) is 58.5 Å². The van der Waals surface area contributed by atoms with Crippen molar-refractivity contribution in [3.63, 3.8) is 0 Å². The third-order valence-corrected chi connectivity index (χ3v) is 16.7. The first kappa shape index (κ1) is 40.2. The second-order valence-corrected chi connectivity index (χ2v) is 29.4. The van der Waals surface area contributed by atoms with E-state index in [-0.39, 0.29) is 5.41 Å². The van der Waals surface area contributed by atoms with Crippen LogP contribution >= 0.6 is 0 Å². The number of benzene rings is 8. The van der Waals surface area contributed by atoms with Crippen molar-refractivity contribution in [2.24, 2.45) is 0 Å². The van der Waals surface area contributed by atoms with Gasteiger partial charge in [-0.1, -0.05) is 179 Å². The standard InChI is InChI=1S/C57H56N2Si2/c1-57(2)55-38-42(22-35-53(55)54-36-30-50(40-56(54)57)59(46-17-13-10-14-18-46)48-28-33-52(34-29-48)61(6,7)8)20-19-41-21-23-44-39-49(25-24-43(44)37-41)58(45-15-11-9-12-16-45)47-26-31-51(32-27-47)60(3,4)5/h9-40H,1-8H3. The first-order valence-corrected chi connectivity index (χ1v) is 28.7. The smallest absolute Gasteiger partial charge is 0.0775 e. The number of para-hydroxylation sites is 2. The maximum absolute atomic E-state index is 2.42. The minimum Gasteiger partial charge on any atom is -0.310 e. The SMILES string of the molecule is CC1(C)c2cc(C=Cc3ccc4cc(N(c5ccccc5)c5ccc([Si](C)(C)C)cc5)ccc4c3)ccc2-c2ccc(N(c3ccccc3)c3ccc([Si](C)(C)C)cc3)cc21. The highest BCUT2D eigenvalue weighted by Crippen LogP contribution is 2.51. The average molecular weight is 825 g/mol. The second-order valence-electron chi connectivity index (χ2n) is 19.2. The maximum atomic E-state index is 2.42. The molecule has 0 N–H and O–H groups in total. The summed E-state index contributed by atoms with van der Waals surface area (Å²) in [7, 11) is -2.82. The molecule has 2 nitrogen and oxygen atoms in total. The van der Waals surface area contributed by atoms with Gasteiger partial charge < -0.3 is 9.80 Å². The molecule has 0 atom stereocenters. The lowest BCUT2D eigenvalue weighted by atomic mass is 9.81. The highest BCUT2D eigenvalue weighted by Gasteiger charge is 2.36. The van der Waals surface area contributed by atoms with Crippen LogP contribution in [0.3, 0.4) is 0 Å². The van der Waals surface area contributed by atoms with Crippen molar-refractivity contribution >= 4 is 83.6 Å². The van der Waals surface area contributed by atoms with Gasteiger partial charge in [0.1, 0.15) is 0 Å². The van der Waals surface area contributed by atoms with E-state index in [1.807, 2.05) is 0 Å². The van der Waals surface area contributed by atoms with Gasteiger partial charge in [-0.2, -0.15) is 0 Å². The Kier molecular flexibility index (Phi) is 10.3. The monoisotopic (exact) mass is 824 g/mol. The topological polar surface area (TPSA) is 6.48 Å². The van der Waals surface area contributed by atoms with Crippen LogP contribution in [-0.4, -0.2) is 16.1 Å². The zero-order valence-corrected chi connectivity index (χ0v) is 38.9. The Labute approximate surface area is 365 Å². The van der Waals surface area contributed by atoms with E-state index in [2.05, 4.69) is 257 Å². The van der Waals surface area contributed by atoms with Gasteiger partial charge in [0.15, 0.2) is 0 Å². The Bertz CT molecular complexity index is 2880. The summed E-state index contributed by atoms with van der Waals surface area (Å²) in [5.74, 6) is 0. The number of hydrogen-bond acceptors (Lipinski definition) is 2. The molecule has 0 heterocycles. The largest absolute Gasteiger partial charge is 0.310 e. The fraction of sp³-hybridized carbons (Fsp3) is 0.158. The summed E-state index contributed by atoms with van der Waals surface area (Å²) >= 11 is 0. The van der Waals surface area contributed by atoms with Gasteiger partial charge in [0.25, 0.3) is 0 Å². The van der Waals surface area contributed by atoms with Gasteiger partial charge in [0.05, 0.1) is 16.1 Å². The number of hydrogen-bond donors (Lipinski definition) is 0. The Morgan fingerprint density at radius 1 is 0.361 bits per heavy atom. The van der Waals surface area contributed by atoms with Crippen LogP contribution < -0.4 is 20.2 Å². The van der Waals surface area contributed by atoms with Crippen molar-refractivity contribution in [3.8, 4) is 11.1 Å². The van der Waals surface area contributed by atoms with Crippen LogP contribution in [0.25, 0.3) is 34.1 Å². The summed E-state index contributed by atoms with van der Waals surface area (Å²) in [6.45, 7) is 19.2. The highest BCUT2D eigenvalue weighted by molar-refractivity contribution is 6.89. The van der Waals surface area contributed by atoms with Crippen molar-refractivity contribution in [1.82, 2.24) is 0 Å². The minimum atomic E-state index is -1.42. The number of fused-ring (bicyclic) bond motifs is 4. The van der Waals surface area contributed by atoms with E-state index in [1.54, 1.807) is 0 Å². The number of anilines is 6. The first-order chi connectivity index (χ1) is 29.2. The predicted octanol–water partition coefficient (Wildman–Crippen LogP) is 15.3. The summed E-state index contributed by atoms with van der Waals surface area (Å²) in [6, 6.07) is 67.6. The molecule has 0 unspecified atom stereocenters. The van der Waals surface area contributed by atoms with Crippen molar-refractivity contribution < 1.29 is 0 Å². The van der Waals surface area contributed by atoms with Crippen LogP contribution in [0.1, 0.15) is 36.1 Å². The van der Waals surface area contributed by atoms with Gasteiger partial charge in [-0.3, -0.25) is 0 Å². The lowest BCUT2D eigenvalue weighted by Crippen LogP contribution is -2.37. The number of nitrogens with zero attached hydrogens (tertiary/aromatic N) is 2. The highest BCUT2D eigenvalue weighted by atomic mass is 28.3. The molecule has 9 rings (SSSR count). The van der Waals surface area contributed by atoms with Crippen LogP contribution in [0.2, 0.25) is 39.3 Å². The Hall–Kier alpha value is -6.21. The molecule has 8 aromatic rings. The zero-order valence-electron chi connectivity index (χ0n) is 36.9. The minimum absolute atomic E-state index is 0.154. The van der Waals surface area contributed by atoms with Crippen molar-refractivity contribution in [1.29, 1.82) is 0 Å². The van der Waals surface area contributed by atoms with E-state index in [0.717, 1.165) is 17.1 Å². The van der Waals surface area contributed by atoms with Gasteiger partial charge in [-0.05, 0) is 123 Å². The quantitative estimate of drug-likeness (QED) is 0.100. The fourth-order valence-electron chi connectivity index (χ4n) is 8.94. The maximum Gasteiger partial charge on any atom is 0.0775 e. The van der Waals surface area contributed by atoms with Gasteiger partial charge >= 0.3 is 0 Å². The molecule has 0 fully saturated rings. The lowest BCUT2D eigenvalue weighted by molar-refractivity contribution is 0.660. The summed E-state index contributed by atoms with van der Waals surface area (Å²) in [4.78, 5) is 4.76. The van der Waals surface area contributed by atoms with E-state index in [9.17, 15) is 0 Å². The third kappa shape index (κ3) is 7.94. The molecule has 0 aliphatic heterocycles. The van der Waals surface area contributed by atoms with E-state index in [1.165, 1.54) is 71.6 Å². The molecule has 0 saturated heterocycles. The Morgan fingerprint density at radius 2 is 0.738 bits per heavy atom. The molecular weight excluding hydrogens is 769 g/mol. The fourth-order valence-corrected chi connectivity index (χ4v) is 11.3. The summed E-state index contributed by atoms with van der Waals surface area (Å²) < 4.78 is 0. The molecule has 0 amide bonds. The predicted molar refractivity (Wildman–Crippen MR) is 272 cm³/mol. The molecule has 302 valence electrons. The molecule has 1 aliphatic carbocycles. The molecule has 0 aromatic heterocycles. The van der Waals surface area contributed by atoms with Gasteiger partial charge in [0.2, 0.25) is 0 Å². The molecule has 0 bridgehead atoms. The molecule has 0 radical (unpaired) electrons. The molecule has 4 heteroatoms. The van der Waals surface area contributed by atoms with Crippen LogP contribution in [0, 0.1) is 0 Å². The van der Waals surface area contributed by atoms with Crippen molar-refractivity contribution in [3.05, 3.63) is 204 Å². The van der Waals surface area contributed by atoms with Gasteiger partial charge in [0, 0.05) is 39.5 Å². The molecular formula is C57H56N2Si2. The Balaban J connectivity index is 0.986. The molecule has 0 spiro atoms. The van der Waals surface area contributed by atoms with Crippen LogP contribution in [0.5, 0.6) is 0 Å². The van der Waals surface area contributed by atoms with E-state index >= 15 is 0 Å². The third-order valence-electron chi connectivity index (χ3n) is 12.5. The van der Waals surface area contributed by atoms with Crippen LogP contribution in [-0.2, 0) is 5.41 Å². The van der Waals surface area contributed by atoms with Crippen molar-refractivity contribution in [2.75, 3.05) is 9.80 Å². The normalized spacial score (nSPS) is 13.3. The molecule has 0 saturated carbocycles. The van der Waals surface area contributed by atoms with E-state index in [0.29, 0.717) is 0 Å². The zero-order chi connectivity index (χ0) is 42.5. The Morgan fingerprint density at radius 3 is 1.26 bits per heavy atom. The average Bonchev–Trinajstić information content (AvgIpc) is 3.48. The summed E-state index contributed by atoms with van der Waals surface area (Å²) in [5.41, 5.74) is 14.6. The van der Waals surface area contributed by atoms with Crippen LogP contribution in [0.4, 0.5) is 34.1 Å². The second kappa shape index (κ2) is 15.7. The summed E-state index contributed by atoms with van der Waals surface area (Å²) in [6.07, 6.45) is 4.52. The molecule has 61 heavy (non-hydrogen) atoms. The van der Waals surface area contributed by atoms with Crippen LogP contribution in [0.15, 0.2) is 182 Å². The molecule has 1 aliphatic rings. The van der Waals surface area contributed by atoms with Gasteiger partial charge in [-0.15, -0.1) is 0 Å². The van der Waals surface area contributed by atoms with E-state index in [4.69, 9.17) is 0 Å². The van der Waals surface area contributed by atoms with E-state index < -0.39 is 16.1 Å².